The number of benzene rings is 1. The quantitative estimate of drug-likeness (QED) is 0.401. The molecule has 0 radical (unpaired) electrons. The molecule has 0 spiro atoms. The summed E-state index contributed by atoms with van der Waals surface area (Å²) in [5.74, 6) is -4.12. The van der Waals surface area contributed by atoms with Crippen LogP contribution in [0.1, 0.15) is 66.5 Å². The number of nitrogens with zero attached hydrogens (tertiary/aromatic N) is 1. The molecule has 9 heteroatoms. The molecule has 1 aromatic rings. The van der Waals surface area contributed by atoms with Gasteiger partial charge in [0.25, 0.3) is 5.54 Å². The van der Waals surface area contributed by atoms with Crippen molar-refractivity contribution < 1.29 is 38.5 Å². The average Bonchev–Trinajstić information content (AvgIpc) is 2.85. The summed E-state index contributed by atoms with van der Waals surface area (Å²) in [5.41, 5.74) is -6.79. The molecule has 1 aliphatic heterocycles. The van der Waals surface area contributed by atoms with Crippen LogP contribution in [0.2, 0.25) is 0 Å². The highest BCUT2D eigenvalue weighted by Crippen LogP contribution is 2.47. The van der Waals surface area contributed by atoms with Crippen LogP contribution in [0.15, 0.2) is 30.3 Å². The summed E-state index contributed by atoms with van der Waals surface area (Å²) in [6, 6.07) is 6.56. The van der Waals surface area contributed by atoms with E-state index in [1.165, 1.54) is 6.92 Å². The van der Waals surface area contributed by atoms with E-state index in [0.29, 0.717) is 0 Å². The van der Waals surface area contributed by atoms with Crippen LogP contribution < -0.4 is 0 Å². The van der Waals surface area contributed by atoms with Crippen molar-refractivity contribution in [1.82, 2.24) is 4.90 Å². The van der Waals surface area contributed by atoms with Crippen molar-refractivity contribution in [3.05, 3.63) is 35.9 Å². The van der Waals surface area contributed by atoms with Gasteiger partial charge < -0.3 is 19.3 Å². The molecule has 1 fully saturated rings. The third-order valence-electron chi connectivity index (χ3n) is 5.09. The summed E-state index contributed by atoms with van der Waals surface area (Å²) < 4.78 is 16.0. The van der Waals surface area contributed by atoms with E-state index in [2.05, 4.69) is 0 Å². The molecule has 33 heavy (non-hydrogen) atoms. The van der Waals surface area contributed by atoms with Gasteiger partial charge in [-0.1, -0.05) is 30.3 Å². The van der Waals surface area contributed by atoms with Crippen molar-refractivity contribution in [3.8, 4) is 0 Å². The maximum absolute atomic E-state index is 13.7. The lowest BCUT2D eigenvalue weighted by atomic mass is 9.80. The van der Waals surface area contributed by atoms with Gasteiger partial charge in [0.05, 0.1) is 13.5 Å². The van der Waals surface area contributed by atoms with Gasteiger partial charge in [0, 0.05) is 0 Å². The Kier molecular flexibility index (Phi) is 7.00. The van der Waals surface area contributed by atoms with Crippen molar-refractivity contribution in [1.29, 1.82) is 0 Å². The number of hydrogen-bond donors (Lipinski definition) is 1. The molecule has 1 aromatic carbocycles. The molecule has 0 aliphatic carbocycles. The lowest BCUT2D eigenvalue weighted by Crippen LogP contribution is -2.70. The number of carbonyl (C=O) groups excluding carboxylic acids is 4. The van der Waals surface area contributed by atoms with E-state index in [9.17, 15) is 24.3 Å². The monoisotopic (exact) mass is 463 g/mol. The molecule has 182 valence electrons. The van der Waals surface area contributed by atoms with Crippen LogP contribution >= 0.6 is 0 Å². The number of amides is 1. The highest BCUT2D eigenvalue weighted by atomic mass is 16.6. The third-order valence-corrected chi connectivity index (χ3v) is 5.09. The van der Waals surface area contributed by atoms with Gasteiger partial charge in [-0.15, -0.1) is 0 Å². The van der Waals surface area contributed by atoms with Crippen molar-refractivity contribution in [2.75, 3.05) is 7.11 Å². The molecular formula is C24H33NO8. The highest BCUT2D eigenvalue weighted by molar-refractivity contribution is 6.13. The predicted molar refractivity (Wildman–Crippen MR) is 118 cm³/mol. The van der Waals surface area contributed by atoms with Crippen LogP contribution in [0, 0.1) is 0 Å². The number of aliphatic hydroxyl groups is 1. The third kappa shape index (κ3) is 5.03. The number of rotatable bonds is 5. The molecule has 2 atom stereocenters. The molecule has 9 nitrogen and oxygen atoms in total. The van der Waals surface area contributed by atoms with E-state index in [1.807, 2.05) is 0 Å². The first-order valence-electron chi connectivity index (χ1n) is 10.6. The van der Waals surface area contributed by atoms with Gasteiger partial charge in [0.2, 0.25) is 5.91 Å². The molecule has 0 saturated carbocycles. The Labute approximate surface area is 194 Å². The number of likely N-dealkylation sites (tertiary alicyclic amines) is 1. The number of methoxy groups -OCH3 is 1. The summed E-state index contributed by atoms with van der Waals surface area (Å²) in [6.07, 6.45) is -0.619. The SMILES string of the molecule is COC(=O)C(c1ccccc1)N1C(=O)CC(C)(O)C1(C(=O)OC(C)(C)C)C(=O)OC(C)(C)C. The molecule has 2 rings (SSSR count). The first-order valence-corrected chi connectivity index (χ1v) is 10.6. The average molecular weight is 464 g/mol. The van der Waals surface area contributed by atoms with Gasteiger partial charge >= 0.3 is 17.9 Å². The van der Waals surface area contributed by atoms with Gasteiger partial charge in [-0.3, -0.25) is 9.69 Å². The van der Waals surface area contributed by atoms with Crippen molar-refractivity contribution >= 4 is 23.8 Å². The smallest absolute Gasteiger partial charge is 0.347 e. The summed E-state index contributed by atoms with van der Waals surface area (Å²) in [7, 11) is 1.12. The van der Waals surface area contributed by atoms with E-state index >= 15 is 0 Å². The topological polar surface area (TPSA) is 119 Å². The summed E-state index contributed by atoms with van der Waals surface area (Å²) in [5, 5.41) is 11.4. The normalized spacial score (nSPS) is 21.4. The lowest BCUT2D eigenvalue weighted by Gasteiger charge is -2.44. The molecule has 2 unspecified atom stereocenters. The first kappa shape index (κ1) is 26.3. The summed E-state index contributed by atoms with van der Waals surface area (Å²) in [4.78, 5) is 54.4. The maximum atomic E-state index is 13.7. The van der Waals surface area contributed by atoms with Gasteiger partial charge in [-0.05, 0) is 54.0 Å². The number of esters is 3. The minimum atomic E-state index is -2.67. The molecule has 1 amide bonds. The fraction of sp³-hybridized carbons (Fsp3) is 0.583. The van der Waals surface area contributed by atoms with E-state index in [1.54, 1.807) is 71.9 Å². The molecule has 0 aromatic heterocycles. The van der Waals surface area contributed by atoms with Crippen LogP contribution in [-0.4, -0.2) is 63.3 Å². The van der Waals surface area contributed by atoms with E-state index < -0.39 is 58.6 Å². The minimum absolute atomic E-state index is 0.284. The summed E-state index contributed by atoms with van der Waals surface area (Å²) in [6.45, 7) is 10.7. The highest BCUT2D eigenvalue weighted by Gasteiger charge is 2.74. The number of carbonyl (C=O) groups is 4. The zero-order valence-electron chi connectivity index (χ0n) is 20.4. The minimum Gasteiger partial charge on any atom is -0.467 e. The lowest BCUT2D eigenvalue weighted by molar-refractivity contribution is -0.204. The Balaban J connectivity index is 2.88. The molecular weight excluding hydrogens is 430 g/mol. The molecule has 0 bridgehead atoms. The van der Waals surface area contributed by atoms with Crippen LogP contribution in [-0.2, 0) is 33.4 Å². The van der Waals surface area contributed by atoms with E-state index in [-0.39, 0.29) is 5.56 Å². The summed E-state index contributed by atoms with van der Waals surface area (Å²) >= 11 is 0. The van der Waals surface area contributed by atoms with Crippen molar-refractivity contribution in [2.24, 2.45) is 0 Å². The van der Waals surface area contributed by atoms with Crippen molar-refractivity contribution in [3.63, 3.8) is 0 Å². The predicted octanol–water partition coefficient (Wildman–Crippen LogP) is 2.31. The largest absolute Gasteiger partial charge is 0.467 e. The number of hydrogen-bond acceptors (Lipinski definition) is 8. The Morgan fingerprint density at radius 3 is 1.82 bits per heavy atom. The van der Waals surface area contributed by atoms with Gasteiger partial charge in [-0.25, -0.2) is 14.4 Å². The first-order chi connectivity index (χ1) is 15.0. The fourth-order valence-corrected chi connectivity index (χ4v) is 3.85. The molecule has 1 aliphatic rings. The Morgan fingerprint density at radius 1 is 0.970 bits per heavy atom. The van der Waals surface area contributed by atoms with Gasteiger partial charge in [-0.2, -0.15) is 0 Å². The van der Waals surface area contributed by atoms with Crippen LogP contribution in [0.25, 0.3) is 0 Å². The van der Waals surface area contributed by atoms with E-state index in [4.69, 9.17) is 14.2 Å². The Morgan fingerprint density at radius 2 is 1.42 bits per heavy atom. The fourth-order valence-electron chi connectivity index (χ4n) is 3.85. The zero-order chi connectivity index (χ0) is 25.4. The second-order valence-corrected chi connectivity index (χ2v) is 10.3. The molecule has 1 heterocycles. The van der Waals surface area contributed by atoms with Crippen molar-refractivity contribution in [2.45, 2.75) is 83.3 Å². The van der Waals surface area contributed by atoms with Crippen LogP contribution in [0.4, 0.5) is 0 Å². The Hall–Kier alpha value is -2.94. The van der Waals surface area contributed by atoms with Crippen LogP contribution in [0.5, 0.6) is 0 Å². The molecule has 1 saturated heterocycles. The molecule has 1 N–H and O–H groups in total. The van der Waals surface area contributed by atoms with Gasteiger partial charge in [0.15, 0.2) is 6.04 Å². The second kappa shape index (κ2) is 8.78. The second-order valence-electron chi connectivity index (χ2n) is 10.3. The maximum Gasteiger partial charge on any atom is 0.347 e. The van der Waals surface area contributed by atoms with Gasteiger partial charge in [0.1, 0.15) is 16.8 Å². The van der Waals surface area contributed by atoms with Crippen LogP contribution in [0.3, 0.4) is 0 Å². The zero-order valence-corrected chi connectivity index (χ0v) is 20.4. The number of ether oxygens (including phenoxy) is 3. The van der Waals surface area contributed by atoms with E-state index in [0.717, 1.165) is 12.0 Å². The standard InChI is InChI=1S/C24H33NO8/c1-21(2,3)32-19(28)24(20(29)33-22(4,5)6)23(7,30)14-16(26)25(24)17(18(27)31-8)15-12-10-9-11-13-15/h9-13,17,30H,14H2,1-8H3. The Bertz CT molecular complexity index is 896.